The zero-order valence-corrected chi connectivity index (χ0v) is 17.7. The number of nitrogens with one attached hydrogen (secondary N) is 1. The Balaban J connectivity index is 1.50. The van der Waals surface area contributed by atoms with Crippen molar-refractivity contribution in [3.63, 3.8) is 0 Å². The van der Waals surface area contributed by atoms with Crippen LogP contribution in [0.5, 0.6) is 17.2 Å². The second-order valence-corrected chi connectivity index (χ2v) is 7.31. The minimum absolute atomic E-state index is 0.00279. The third-order valence-electron chi connectivity index (χ3n) is 5.39. The molecule has 8 nitrogen and oxygen atoms in total. The molecule has 0 spiro atoms. The topological polar surface area (TPSA) is 89.6 Å². The van der Waals surface area contributed by atoms with E-state index in [4.69, 9.17) is 14.2 Å². The maximum absolute atomic E-state index is 12.9. The smallest absolute Gasteiger partial charge is 0.261 e. The van der Waals surface area contributed by atoms with E-state index in [0.717, 1.165) is 24.8 Å². The van der Waals surface area contributed by atoms with Crippen molar-refractivity contribution >= 4 is 5.91 Å². The van der Waals surface area contributed by atoms with Crippen LogP contribution in [-0.2, 0) is 4.79 Å². The fourth-order valence-electron chi connectivity index (χ4n) is 3.79. The zero-order valence-electron chi connectivity index (χ0n) is 17.7. The first kappa shape index (κ1) is 20.7. The van der Waals surface area contributed by atoms with Gasteiger partial charge in [-0.25, -0.2) is 4.98 Å². The molecule has 2 aromatic carbocycles. The second-order valence-electron chi connectivity index (χ2n) is 7.31. The molecule has 0 unspecified atom stereocenters. The number of rotatable bonds is 7. The number of piperidine rings is 1. The molecule has 4 rings (SSSR count). The highest BCUT2D eigenvalue weighted by molar-refractivity contribution is 5.78. The number of likely N-dealkylation sites (tertiary alicyclic amines) is 1. The van der Waals surface area contributed by atoms with Crippen LogP contribution in [0.2, 0.25) is 0 Å². The highest BCUT2D eigenvalue weighted by Crippen LogP contribution is 2.33. The first-order valence-corrected chi connectivity index (χ1v) is 10.3. The Morgan fingerprint density at radius 2 is 1.90 bits per heavy atom. The van der Waals surface area contributed by atoms with Crippen LogP contribution in [0.3, 0.4) is 0 Å². The lowest BCUT2D eigenvalue weighted by Gasteiger charge is -2.34. The third kappa shape index (κ3) is 4.63. The number of hydrogen-bond donors (Lipinski definition) is 1. The van der Waals surface area contributed by atoms with Crippen LogP contribution in [0, 0.1) is 0 Å². The van der Waals surface area contributed by atoms with Crippen molar-refractivity contribution in [2.24, 2.45) is 0 Å². The second kappa shape index (κ2) is 9.51. The Kier molecular flexibility index (Phi) is 6.35. The molecule has 1 aromatic heterocycles. The van der Waals surface area contributed by atoms with Crippen LogP contribution >= 0.6 is 0 Å². The molecule has 3 aromatic rings. The van der Waals surface area contributed by atoms with Crippen LogP contribution in [0.25, 0.3) is 11.4 Å². The molecule has 1 amide bonds. The number of aromatic amines is 1. The van der Waals surface area contributed by atoms with Crippen molar-refractivity contribution in [3.8, 4) is 28.6 Å². The molecule has 31 heavy (non-hydrogen) atoms. The molecule has 1 aliphatic rings. The van der Waals surface area contributed by atoms with Crippen LogP contribution in [0.1, 0.15) is 31.1 Å². The van der Waals surface area contributed by atoms with Crippen LogP contribution in [-0.4, -0.2) is 53.4 Å². The van der Waals surface area contributed by atoms with Gasteiger partial charge in [-0.2, -0.15) is 5.10 Å². The lowest BCUT2D eigenvalue weighted by Crippen LogP contribution is -2.41. The van der Waals surface area contributed by atoms with Gasteiger partial charge in [0.25, 0.3) is 5.91 Å². The molecule has 1 aliphatic heterocycles. The quantitative estimate of drug-likeness (QED) is 0.626. The van der Waals surface area contributed by atoms with Crippen LogP contribution < -0.4 is 14.2 Å². The molecule has 0 bridgehead atoms. The summed E-state index contributed by atoms with van der Waals surface area (Å²) in [5.74, 6) is 3.10. The minimum atomic E-state index is -0.151. The monoisotopic (exact) mass is 422 g/mol. The Bertz CT molecular complexity index is 1020. The van der Waals surface area contributed by atoms with Gasteiger partial charge in [-0.15, -0.1) is 0 Å². The van der Waals surface area contributed by atoms with Crippen molar-refractivity contribution < 1.29 is 19.0 Å². The first-order chi connectivity index (χ1) is 15.2. The van der Waals surface area contributed by atoms with E-state index >= 15 is 0 Å². The first-order valence-electron chi connectivity index (χ1n) is 10.3. The maximum Gasteiger partial charge on any atom is 0.261 e. The Hall–Kier alpha value is -3.55. The van der Waals surface area contributed by atoms with Gasteiger partial charge in [0.05, 0.1) is 20.3 Å². The molecule has 1 fully saturated rings. The highest BCUT2D eigenvalue weighted by atomic mass is 16.5. The summed E-state index contributed by atoms with van der Waals surface area (Å²) in [4.78, 5) is 19.4. The number of hydrogen-bond acceptors (Lipinski definition) is 6. The maximum atomic E-state index is 12.9. The lowest BCUT2D eigenvalue weighted by molar-refractivity contribution is -0.137. The summed E-state index contributed by atoms with van der Waals surface area (Å²) >= 11 is 0. The van der Waals surface area contributed by atoms with E-state index in [2.05, 4.69) is 15.2 Å². The van der Waals surface area contributed by atoms with Crippen molar-refractivity contribution in [2.45, 2.75) is 25.3 Å². The summed E-state index contributed by atoms with van der Waals surface area (Å²) in [6, 6.07) is 14.7. The van der Waals surface area contributed by atoms with Gasteiger partial charge in [0.15, 0.2) is 23.9 Å². The fourth-order valence-corrected chi connectivity index (χ4v) is 3.79. The zero-order chi connectivity index (χ0) is 21.6. The number of H-pyrrole nitrogens is 1. The van der Waals surface area contributed by atoms with Crippen molar-refractivity contribution in [2.75, 3.05) is 27.4 Å². The summed E-state index contributed by atoms with van der Waals surface area (Å²) in [6.07, 6.45) is 2.82. The number of para-hydroxylation sites is 1. The SMILES string of the molecule is COc1ccc(-c2n[nH]c([C@H]3CCCCN3C(=O)COc3ccccc3)n2)cc1OC. The average Bonchev–Trinajstić information content (AvgIpc) is 3.33. The predicted octanol–water partition coefficient (Wildman–Crippen LogP) is 3.62. The number of amides is 1. The number of nitrogens with zero attached hydrogens (tertiary/aromatic N) is 3. The van der Waals surface area contributed by atoms with E-state index in [0.29, 0.717) is 35.4 Å². The predicted molar refractivity (Wildman–Crippen MR) is 115 cm³/mol. The van der Waals surface area contributed by atoms with E-state index in [1.165, 1.54) is 0 Å². The van der Waals surface area contributed by atoms with Crippen molar-refractivity contribution in [1.29, 1.82) is 0 Å². The average molecular weight is 422 g/mol. The molecule has 0 aliphatic carbocycles. The number of benzene rings is 2. The summed E-state index contributed by atoms with van der Waals surface area (Å²) in [5, 5.41) is 7.41. The minimum Gasteiger partial charge on any atom is -0.493 e. The molecule has 1 N–H and O–H groups in total. The van der Waals surface area contributed by atoms with E-state index in [1.807, 2.05) is 53.4 Å². The molecule has 8 heteroatoms. The molecule has 0 saturated carbocycles. The van der Waals surface area contributed by atoms with E-state index in [1.54, 1.807) is 14.2 Å². The largest absolute Gasteiger partial charge is 0.493 e. The van der Waals surface area contributed by atoms with Gasteiger partial charge in [-0.05, 0) is 49.6 Å². The molecule has 0 radical (unpaired) electrons. The Morgan fingerprint density at radius 3 is 2.68 bits per heavy atom. The third-order valence-corrected chi connectivity index (χ3v) is 5.39. The summed E-state index contributed by atoms with van der Waals surface area (Å²) < 4.78 is 16.3. The number of aromatic nitrogens is 3. The van der Waals surface area contributed by atoms with E-state index in [-0.39, 0.29) is 18.6 Å². The van der Waals surface area contributed by atoms with Crippen LogP contribution in [0.15, 0.2) is 48.5 Å². The Morgan fingerprint density at radius 1 is 1.10 bits per heavy atom. The summed E-state index contributed by atoms with van der Waals surface area (Å²) in [5.41, 5.74) is 0.807. The van der Waals surface area contributed by atoms with Gasteiger partial charge < -0.3 is 19.1 Å². The number of carbonyl (C=O) groups is 1. The van der Waals surface area contributed by atoms with Gasteiger partial charge in [-0.1, -0.05) is 18.2 Å². The molecule has 1 saturated heterocycles. The lowest BCUT2D eigenvalue weighted by atomic mass is 10.0. The van der Waals surface area contributed by atoms with Crippen molar-refractivity contribution in [3.05, 3.63) is 54.4 Å². The van der Waals surface area contributed by atoms with E-state index in [9.17, 15) is 4.79 Å². The number of ether oxygens (including phenoxy) is 3. The van der Waals surface area contributed by atoms with Gasteiger partial charge in [0, 0.05) is 12.1 Å². The van der Waals surface area contributed by atoms with E-state index < -0.39 is 0 Å². The summed E-state index contributed by atoms with van der Waals surface area (Å²) in [7, 11) is 3.19. The van der Waals surface area contributed by atoms with Crippen LogP contribution in [0.4, 0.5) is 0 Å². The van der Waals surface area contributed by atoms with Gasteiger partial charge >= 0.3 is 0 Å². The normalized spacial score (nSPS) is 16.1. The van der Waals surface area contributed by atoms with Crippen molar-refractivity contribution in [1.82, 2.24) is 20.1 Å². The van der Waals surface area contributed by atoms with Gasteiger partial charge in [-0.3, -0.25) is 9.89 Å². The molecular formula is C23H26N4O4. The fraction of sp³-hybridized carbons (Fsp3) is 0.348. The number of carbonyl (C=O) groups excluding carboxylic acids is 1. The number of methoxy groups -OCH3 is 2. The highest BCUT2D eigenvalue weighted by Gasteiger charge is 2.30. The molecule has 1 atom stereocenters. The van der Waals surface area contributed by atoms with Gasteiger partial charge in [0.2, 0.25) is 0 Å². The van der Waals surface area contributed by atoms with Gasteiger partial charge in [0.1, 0.15) is 11.6 Å². The molecule has 2 heterocycles. The molecular weight excluding hydrogens is 396 g/mol. The Labute approximate surface area is 181 Å². The summed E-state index contributed by atoms with van der Waals surface area (Å²) in [6.45, 7) is 0.672. The molecule has 162 valence electrons. The standard InChI is InChI=1S/C23H26N4O4/c1-29-19-12-11-16(14-20(19)30-2)22-24-23(26-25-22)18-10-6-7-13-27(18)21(28)15-31-17-8-4-3-5-9-17/h3-5,8-9,11-12,14,18H,6-7,10,13,15H2,1-2H3,(H,24,25,26)/t18-/m1/s1.